The molecule has 0 saturated carbocycles. The minimum absolute atomic E-state index is 0.00295. The fraction of sp³-hybridized carbons (Fsp3) is 0.294. The number of benzene rings is 1. The number of carbonyl (C=O) groups is 3. The average molecular weight is 393 g/mol. The number of nitrogens with one attached hydrogen (secondary N) is 3. The Morgan fingerprint density at radius 2 is 1.67 bits per heavy atom. The third-order valence-corrected chi connectivity index (χ3v) is 4.26. The van der Waals surface area contributed by atoms with Crippen molar-refractivity contribution in [1.29, 1.82) is 0 Å². The van der Waals surface area contributed by atoms with Gasteiger partial charge in [0.05, 0.1) is 17.2 Å². The highest BCUT2D eigenvalue weighted by Crippen LogP contribution is 2.09. The van der Waals surface area contributed by atoms with Gasteiger partial charge in [0.2, 0.25) is 11.8 Å². The van der Waals surface area contributed by atoms with Crippen LogP contribution in [0.25, 0.3) is 0 Å². The minimum atomic E-state index is -0.434. The number of aromatic nitrogens is 2. The summed E-state index contributed by atoms with van der Waals surface area (Å²) in [4.78, 5) is 35.3. The summed E-state index contributed by atoms with van der Waals surface area (Å²) in [5.74, 6) is -1.50. The van der Waals surface area contributed by atoms with Crippen molar-refractivity contribution in [1.82, 2.24) is 20.6 Å². The molecule has 144 valence electrons. The van der Waals surface area contributed by atoms with Gasteiger partial charge in [-0.15, -0.1) is 11.8 Å². The number of anilines is 1. The van der Waals surface area contributed by atoms with Gasteiger partial charge < -0.3 is 5.32 Å². The molecule has 2 aromatic rings. The molecule has 0 saturated heterocycles. The first-order valence-electron chi connectivity index (χ1n) is 8.05. The van der Waals surface area contributed by atoms with Crippen molar-refractivity contribution in [2.75, 3.05) is 16.8 Å². The molecule has 3 amide bonds. The van der Waals surface area contributed by atoms with Gasteiger partial charge in [-0.1, -0.05) is 0 Å². The Balaban J connectivity index is 1.62. The summed E-state index contributed by atoms with van der Waals surface area (Å²) in [6.45, 7) is 3.65. The SMILES string of the molecule is Cc1cc(C)n(CC(=O)NNC(=O)CSCC(=O)Nc2ccc(F)cc2)n1. The van der Waals surface area contributed by atoms with Crippen LogP contribution in [-0.2, 0) is 20.9 Å². The maximum Gasteiger partial charge on any atom is 0.260 e. The van der Waals surface area contributed by atoms with Gasteiger partial charge in [-0.05, 0) is 44.2 Å². The third-order valence-electron chi connectivity index (χ3n) is 3.33. The molecule has 0 fully saturated rings. The van der Waals surface area contributed by atoms with E-state index in [1.54, 1.807) is 0 Å². The van der Waals surface area contributed by atoms with Crippen LogP contribution in [0.2, 0.25) is 0 Å². The topological polar surface area (TPSA) is 105 Å². The van der Waals surface area contributed by atoms with Crippen LogP contribution in [0.15, 0.2) is 30.3 Å². The highest BCUT2D eigenvalue weighted by atomic mass is 32.2. The lowest BCUT2D eigenvalue weighted by atomic mass is 10.3. The van der Waals surface area contributed by atoms with Crippen molar-refractivity contribution in [2.24, 2.45) is 0 Å². The lowest BCUT2D eigenvalue weighted by Gasteiger charge is -2.08. The second-order valence-electron chi connectivity index (χ2n) is 5.73. The molecule has 8 nitrogen and oxygen atoms in total. The van der Waals surface area contributed by atoms with Crippen LogP contribution in [0, 0.1) is 19.7 Å². The lowest BCUT2D eigenvalue weighted by Crippen LogP contribution is -2.44. The highest BCUT2D eigenvalue weighted by molar-refractivity contribution is 8.00. The predicted molar refractivity (Wildman–Crippen MR) is 100 cm³/mol. The minimum Gasteiger partial charge on any atom is -0.325 e. The molecule has 0 atom stereocenters. The number of rotatable bonds is 7. The number of halogens is 1. The van der Waals surface area contributed by atoms with Crippen molar-refractivity contribution >= 4 is 35.2 Å². The first kappa shape index (κ1) is 20.4. The van der Waals surface area contributed by atoms with E-state index in [2.05, 4.69) is 21.3 Å². The molecule has 1 aromatic carbocycles. The van der Waals surface area contributed by atoms with Gasteiger partial charge >= 0.3 is 0 Å². The Labute approximate surface area is 159 Å². The van der Waals surface area contributed by atoms with E-state index in [0.29, 0.717) is 5.69 Å². The molecule has 0 spiro atoms. The molecule has 1 aromatic heterocycles. The zero-order valence-corrected chi connectivity index (χ0v) is 15.7. The summed E-state index contributed by atoms with van der Waals surface area (Å²) in [6, 6.07) is 7.22. The van der Waals surface area contributed by atoms with E-state index < -0.39 is 11.8 Å². The summed E-state index contributed by atoms with van der Waals surface area (Å²) >= 11 is 1.09. The highest BCUT2D eigenvalue weighted by Gasteiger charge is 2.10. The van der Waals surface area contributed by atoms with Crippen LogP contribution in [0.3, 0.4) is 0 Å². The quantitative estimate of drug-likeness (QED) is 0.612. The number of nitrogens with zero attached hydrogens (tertiary/aromatic N) is 2. The molecule has 0 aliphatic carbocycles. The molecule has 3 N–H and O–H groups in total. The number of amides is 3. The first-order valence-corrected chi connectivity index (χ1v) is 9.21. The first-order chi connectivity index (χ1) is 12.8. The molecule has 0 bridgehead atoms. The summed E-state index contributed by atoms with van der Waals surface area (Å²) in [7, 11) is 0. The second kappa shape index (κ2) is 9.72. The van der Waals surface area contributed by atoms with Gasteiger partial charge in [0, 0.05) is 11.4 Å². The summed E-state index contributed by atoms with van der Waals surface area (Å²) in [6.07, 6.45) is 0. The van der Waals surface area contributed by atoms with Gasteiger partial charge in [0.15, 0.2) is 0 Å². The fourth-order valence-electron chi connectivity index (χ4n) is 2.15. The zero-order chi connectivity index (χ0) is 19.8. The monoisotopic (exact) mass is 393 g/mol. The molecular formula is C17H20FN5O3S. The smallest absolute Gasteiger partial charge is 0.260 e. The molecule has 0 unspecified atom stereocenters. The maximum atomic E-state index is 12.8. The van der Waals surface area contributed by atoms with E-state index in [1.807, 2.05) is 19.9 Å². The molecule has 2 rings (SSSR count). The molecule has 0 aliphatic heterocycles. The number of hydrazine groups is 1. The summed E-state index contributed by atoms with van der Waals surface area (Å²) in [5, 5.41) is 6.75. The maximum absolute atomic E-state index is 12.8. The van der Waals surface area contributed by atoms with Crippen LogP contribution >= 0.6 is 11.8 Å². The van der Waals surface area contributed by atoms with Gasteiger partial charge in [0.25, 0.3) is 5.91 Å². The Hall–Kier alpha value is -2.88. The van der Waals surface area contributed by atoms with Gasteiger partial charge in [-0.3, -0.25) is 29.9 Å². The number of thioether (sulfide) groups is 1. The number of hydrogen-bond donors (Lipinski definition) is 3. The van der Waals surface area contributed by atoms with Gasteiger partial charge in [0.1, 0.15) is 12.4 Å². The van der Waals surface area contributed by atoms with Crippen LogP contribution < -0.4 is 16.2 Å². The van der Waals surface area contributed by atoms with Crippen molar-refractivity contribution < 1.29 is 18.8 Å². The Bertz CT molecular complexity index is 822. The van der Waals surface area contributed by atoms with Crippen molar-refractivity contribution in [3.8, 4) is 0 Å². The zero-order valence-electron chi connectivity index (χ0n) is 14.9. The van der Waals surface area contributed by atoms with Crippen LogP contribution in [0.4, 0.5) is 10.1 Å². The normalized spacial score (nSPS) is 10.3. The summed E-state index contributed by atoms with van der Waals surface area (Å²) < 4.78 is 14.3. The molecule has 27 heavy (non-hydrogen) atoms. The van der Waals surface area contributed by atoms with Crippen LogP contribution in [0.5, 0.6) is 0 Å². The van der Waals surface area contributed by atoms with E-state index in [4.69, 9.17) is 0 Å². The third kappa shape index (κ3) is 7.10. The lowest BCUT2D eigenvalue weighted by molar-refractivity contribution is -0.128. The largest absolute Gasteiger partial charge is 0.325 e. The van der Waals surface area contributed by atoms with E-state index in [0.717, 1.165) is 23.1 Å². The van der Waals surface area contributed by atoms with E-state index in [-0.39, 0.29) is 29.8 Å². The van der Waals surface area contributed by atoms with Crippen molar-refractivity contribution in [2.45, 2.75) is 20.4 Å². The number of aryl methyl sites for hydroxylation is 2. The van der Waals surface area contributed by atoms with Crippen LogP contribution in [0.1, 0.15) is 11.4 Å². The summed E-state index contributed by atoms with van der Waals surface area (Å²) in [5.41, 5.74) is 6.71. The van der Waals surface area contributed by atoms with E-state index in [1.165, 1.54) is 28.9 Å². The van der Waals surface area contributed by atoms with Crippen LogP contribution in [-0.4, -0.2) is 39.0 Å². The Morgan fingerprint density at radius 3 is 2.30 bits per heavy atom. The molecule has 0 aliphatic rings. The standard InChI is InChI=1S/C17H20FN5O3S/c1-11-7-12(2)23(22-11)8-15(24)20-21-17(26)10-27-9-16(25)19-14-5-3-13(18)4-6-14/h3-7H,8-10H2,1-2H3,(H,19,25)(H,20,24)(H,21,26). The fourth-order valence-corrected chi connectivity index (χ4v) is 2.77. The molecule has 10 heteroatoms. The Morgan fingerprint density at radius 1 is 1.04 bits per heavy atom. The van der Waals surface area contributed by atoms with Gasteiger partial charge in [-0.2, -0.15) is 5.10 Å². The van der Waals surface area contributed by atoms with Crippen molar-refractivity contribution in [3.63, 3.8) is 0 Å². The Kier molecular flexibility index (Phi) is 7.35. The molecule has 1 heterocycles. The van der Waals surface area contributed by atoms with E-state index >= 15 is 0 Å². The molecule has 0 radical (unpaired) electrons. The number of carbonyl (C=O) groups excluding carboxylic acids is 3. The second-order valence-corrected chi connectivity index (χ2v) is 6.71. The average Bonchev–Trinajstić information content (AvgIpc) is 2.92. The van der Waals surface area contributed by atoms with E-state index in [9.17, 15) is 18.8 Å². The number of hydrogen-bond acceptors (Lipinski definition) is 5. The predicted octanol–water partition coefficient (Wildman–Crippen LogP) is 1.16. The van der Waals surface area contributed by atoms with Crippen molar-refractivity contribution in [3.05, 3.63) is 47.5 Å². The van der Waals surface area contributed by atoms with Gasteiger partial charge in [-0.25, -0.2) is 4.39 Å². The molecular weight excluding hydrogens is 373 g/mol.